The smallest absolute Gasteiger partial charge is 0.119 e. The zero-order valence-corrected chi connectivity index (χ0v) is 24.0. The zero-order valence-electron chi connectivity index (χ0n) is 23.2. The Morgan fingerprint density at radius 1 is 0.805 bits per heavy atom. The number of hydrogen-bond acceptors (Lipinski definition) is 6. The fraction of sp³-hybridized carbons (Fsp3) is 0.314. The average molecular weight is 568 g/mol. The van der Waals surface area contributed by atoms with Crippen LogP contribution >= 0.6 is 11.8 Å². The lowest BCUT2D eigenvalue weighted by Crippen LogP contribution is -2.33. The number of fused-ring (bicyclic) bond motifs is 1. The minimum Gasteiger partial charge on any atom is -0.508 e. The summed E-state index contributed by atoms with van der Waals surface area (Å²) >= 11 is 1.74. The second-order valence-corrected chi connectivity index (χ2v) is 12.1. The van der Waals surface area contributed by atoms with Gasteiger partial charge in [0.2, 0.25) is 0 Å². The van der Waals surface area contributed by atoms with Gasteiger partial charge in [-0.2, -0.15) is 0 Å². The lowest BCUT2D eigenvalue weighted by molar-refractivity contribution is 0.0200. The highest BCUT2D eigenvalue weighted by molar-refractivity contribution is 8.00. The largest absolute Gasteiger partial charge is 0.508 e. The Kier molecular flexibility index (Phi) is 8.80. The highest BCUT2D eigenvalue weighted by Gasteiger charge is 2.41. The van der Waals surface area contributed by atoms with E-state index in [9.17, 15) is 10.2 Å². The molecule has 0 saturated carbocycles. The summed E-state index contributed by atoms with van der Waals surface area (Å²) < 4.78 is 12.9. The molecular formula is C35H37NO4S. The van der Waals surface area contributed by atoms with Crippen LogP contribution in [0.25, 0.3) is 0 Å². The maximum Gasteiger partial charge on any atom is 0.119 e. The van der Waals surface area contributed by atoms with Gasteiger partial charge in [0.05, 0.1) is 12.7 Å². The van der Waals surface area contributed by atoms with Crippen molar-refractivity contribution in [2.75, 3.05) is 26.2 Å². The molecule has 0 amide bonds. The lowest BCUT2D eigenvalue weighted by Gasteiger charge is -2.30. The minimum absolute atomic E-state index is 0.00488. The molecule has 4 aromatic rings. The van der Waals surface area contributed by atoms with E-state index >= 15 is 0 Å². The van der Waals surface area contributed by atoms with E-state index in [0.717, 1.165) is 39.4 Å². The van der Waals surface area contributed by atoms with Crippen LogP contribution in [0.3, 0.4) is 0 Å². The van der Waals surface area contributed by atoms with Gasteiger partial charge in [-0.3, -0.25) is 4.90 Å². The van der Waals surface area contributed by atoms with Crippen molar-refractivity contribution in [2.45, 2.75) is 48.0 Å². The zero-order chi connectivity index (χ0) is 28.0. The normalized spacial score (nSPS) is 19.5. The Hall–Kier alpha value is -3.45. The van der Waals surface area contributed by atoms with Gasteiger partial charge in [0.1, 0.15) is 23.9 Å². The number of nitrogens with zero attached hydrogens (tertiary/aromatic N) is 1. The van der Waals surface area contributed by atoms with Crippen LogP contribution in [0.1, 0.15) is 58.8 Å². The Bertz CT molecular complexity index is 1400. The number of phenols is 2. The predicted molar refractivity (Wildman–Crippen MR) is 164 cm³/mol. The molecule has 3 unspecified atom stereocenters. The van der Waals surface area contributed by atoms with Gasteiger partial charge >= 0.3 is 0 Å². The topological polar surface area (TPSA) is 62.2 Å². The molecule has 0 radical (unpaired) electrons. The van der Waals surface area contributed by atoms with Gasteiger partial charge in [0.15, 0.2) is 0 Å². The van der Waals surface area contributed by atoms with E-state index in [-0.39, 0.29) is 28.8 Å². The third-order valence-electron chi connectivity index (χ3n) is 8.09. The van der Waals surface area contributed by atoms with Gasteiger partial charge in [-0.05, 0) is 84.6 Å². The summed E-state index contributed by atoms with van der Waals surface area (Å²) in [7, 11) is 0. The second kappa shape index (κ2) is 13.0. The van der Waals surface area contributed by atoms with Crippen molar-refractivity contribution in [1.82, 2.24) is 4.90 Å². The van der Waals surface area contributed by atoms with Crippen LogP contribution in [-0.2, 0) is 11.3 Å². The molecule has 41 heavy (non-hydrogen) atoms. The molecule has 5 nitrogen and oxygen atoms in total. The number of thioether (sulfide) groups is 1. The molecule has 212 valence electrons. The van der Waals surface area contributed by atoms with Gasteiger partial charge in [-0.1, -0.05) is 67.1 Å². The van der Waals surface area contributed by atoms with Crippen molar-refractivity contribution in [3.05, 3.63) is 119 Å². The number of phenolic OH excluding ortho intramolecular Hbond substituents is 2. The molecular weight excluding hydrogens is 530 g/mol. The van der Waals surface area contributed by atoms with Crippen molar-refractivity contribution in [3.63, 3.8) is 0 Å². The SMILES string of the molecule is Oc1ccc(C2Sc3cc(O)ccc3C2C(OCc2ccccc2)c2ccc(OCCN3CCCCC3)cc2)cc1. The van der Waals surface area contributed by atoms with Crippen LogP contribution in [0.2, 0.25) is 0 Å². The summed E-state index contributed by atoms with van der Waals surface area (Å²) in [6, 6.07) is 31.7. The number of likely N-dealkylation sites (tertiary alicyclic amines) is 1. The summed E-state index contributed by atoms with van der Waals surface area (Å²) in [4.78, 5) is 3.54. The van der Waals surface area contributed by atoms with Crippen LogP contribution in [0.4, 0.5) is 0 Å². The van der Waals surface area contributed by atoms with E-state index in [1.165, 1.54) is 32.4 Å². The van der Waals surface area contributed by atoms with Crippen molar-refractivity contribution in [3.8, 4) is 17.2 Å². The van der Waals surface area contributed by atoms with E-state index in [0.29, 0.717) is 13.2 Å². The summed E-state index contributed by atoms with van der Waals surface area (Å²) in [5.74, 6) is 1.37. The minimum atomic E-state index is -0.241. The summed E-state index contributed by atoms with van der Waals surface area (Å²) in [6.07, 6.45) is 3.67. The number of ether oxygens (including phenoxy) is 2. The Morgan fingerprint density at radius 2 is 1.54 bits per heavy atom. The molecule has 3 atom stereocenters. The molecule has 2 N–H and O–H groups in total. The Balaban J connectivity index is 1.28. The molecule has 4 aromatic carbocycles. The highest BCUT2D eigenvalue weighted by Crippen LogP contribution is 2.60. The third-order valence-corrected chi connectivity index (χ3v) is 9.52. The molecule has 2 aliphatic rings. The standard InChI is InChI=1S/C35H37NO4S/c37-28-13-9-27(10-14-28)35-33(31-18-15-29(38)23-32(31)41-35)34(40-24-25-7-3-1-4-8-25)26-11-16-30(17-12-26)39-22-21-36-19-5-2-6-20-36/h1,3-4,7-18,23,33-35,37-38H,2,5-6,19-22,24H2. The summed E-state index contributed by atoms with van der Waals surface area (Å²) in [5.41, 5.74) is 4.47. The molecule has 0 aromatic heterocycles. The maximum absolute atomic E-state index is 10.3. The second-order valence-electron chi connectivity index (χ2n) is 10.9. The molecule has 0 bridgehead atoms. The van der Waals surface area contributed by atoms with Gasteiger partial charge in [-0.15, -0.1) is 11.8 Å². The first-order chi connectivity index (χ1) is 20.1. The molecule has 2 heterocycles. The van der Waals surface area contributed by atoms with E-state index in [2.05, 4.69) is 41.3 Å². The Morgan fingerprint density at radius 3 is 2.29 bits per heavy atom. The van der Waals surface area contributed by atoms with Crippen molar-refractivity contribution in [2.24, 2.45) is 0 Å². The van der Waals surface area contributed by atoms with E-state index < -0.39 is 0 Å². The van der Waals surface area contributed by atoms with Crippen LogP contribution in [0.15, 0.2) is 102 Å². The average Bonchev–Trinajstić information content (AvgIpc) is 3.37. The number of rotatable bonds is 10. The van der Waals surface area contributed by atoms with Crippen LogP contribution in [-0.4, -0.2) is 41.4 Å². The number of aromatic hydroxyl groups is 2. The molecule has 6 heteroatoms. The Labute approximate surface area is 246 Å². The molecule has 1 fully saturated rings. The van der Waals surface area contributed by atoms with Crippen LogP contribution < -0.4 is 4.74 Å². The predicted octanol–water partition coefficient (Wildman–Crippen LogP) is 7.85. The number of piperidine rings is 1. The van der Waals surface area contributed by atoms with E-state index in [4.69, 9.17) is 9.47 Å². The first kappa shape index (κ1) is 27.7. The maximum atomic E-state index is 10.3. The molecule has 2 aliphatic heterocycles. The third kappa shape index (κ3) is 6.72. The molecule has 6 rings (SSSR count). The summed E-state index contributed by atoms with van der Waals surface area (Å²) in [5, 5.41) is 20.3. The number of hydrogen-bond donors (Lipinski definition) is 2. The fourth-order valence-corrected chi connectivity index (χ4v) is 7.46. The van der Waals surface area contributed by atoms with E-state index in [1.54, 1.807) is 30.0 Å². The van der Waals surface area contributed by atoms with E-state index in [1.807, 2.05) is 42.5 Å². The van der Waals surface area contributed by atoms with Gasteiger partial charge in [0, 0.05) is 22.6 Å². The summed E-state index contributed by atoms with van der Waals surface area (Å²) in [6.45, 7) is 4.47. The van der Waals surface area contributed by atoms with Crippen molar-refractivity contribution < 1.29 is 19.7 Å². The first-order valence-corrected chi connectivity index (χ1v) is 15.4. The van der Waals surface area contributed by atoms with Crippen LogP contribution in [0.5, 0.6) is 17.2 Å². The van der Waals surface area contributed by atoms with Gasteiger partial charge < -0.3 is 19.7 Å². The molecule has 0 spiro atoms. The molecule has 0 aliphatic carbocycles. The fourth-order valence-electron chi connectivity index (χ4n) is 5.93. The number of benzene rings is 4. The lowest BCUT2D eigenvalue weighted by atomic mass is 9.84. The quantitative estimate of drug-likeness (QED) is 0.203. The highest BCUT2D eigenvalue weighted by atomic mass is 32.2. The van der Waals surface area contributed by atoms with Crippen LogP contribution in [0, 0.1) is 0 Å². The monoisotopic (exact) mass is 567 g/mol. The van der Waals surface area contributed by atoms with Crippen molar-refractivity contribution in [1.29, 1.82) is 0 Å². The van der Waals surface area contributed by atoms with Gasteiger partial charge in [0.25, 0.3) is 0 Å². The van der Waals surface area contributed by atoms with Crippen molar-refractivity contribution >= 4 is 11.8 Å². The molecule has 1 saturated heterocycles. The van der Waals surface area contributed by atoms with Gasteiger partial charge in [-0.25, -0.2) is 0 Å². The first-order valence-electron chi connectivity index (χ1n) is 14.5.